The standard InChI is InChI=1S/C18H16ClF2N3O3S/c1-2-5-28(26,27)24-14-4-3-13(20)16(17(14)21)15(25)7-10-6-11-12(19)9-23-18(11)22-8-10/h3-4,6,8-9,24H,2,5,7H2,1H3,(H,22,23). The van der Waals surface area contributed by atoms with E-state index in [0.717, 1.165) is 12.1 Å². The first-order valence-electron chi connectivity index (χ1n) is 8.35. The average Bonchev–Trinajstić information content (AvgIpc) is 2.98. The molecule has 0 atom stereocenters. The molecule has 0 aliphatic carbocycles. The highest BCUT2D eigenvalue weighted by Gasteiger charge is 2.23. The van der Waals surface area contributed by atoms with E-state index in [1.165, 1.54) is 12.4 Å². The van der Waals surface area contributed by atoms with Crippen molar-refractivity contribution in [1.82, 2.24) is 9.97 Å². The number of nitrogens with one attached hydrogen (secondary N) is 2. The third-order valence-electron chi connectivity index (χ3n) is 4.01. The molecule has 0 unspecified atom stereocenters. The predicted molar refractivity (Wildman–Crippen MR) is 103 cm³/mol. The second-order valence-corrected chi connectivity index (χ2v) is 8.43. The number of aromatic amines is 1. The molecule has 0 spiro atoms. The number of anilines is 1. The lowest BCUT2D eigenvalue weighted by Crippen LogP contribution is -2.19. The van der Waals surface area contributed by atoms with Crippen LogP contribution in [0.4, 0.5) is 14.5 Å². The highest BCUT2D eigenvalue weighted by molar-refractivity contribution is 7.92. The third-order valence-corrected chi connectivity index (χ3v) is 5.80. The van der Waals surface area contributed by atoms with E-state index in [4.69, 9.17) is 11.6 Å². The van der Waals surface area contributed by atoms with Crippen molar-refractivity contribution in [3.8, 4) is 0 Å². The summed E-state index contributed by atoms with van der Waals surface area (Å²) in [7, 11) is -3.80. The van der Waals surface area contributed by atoms with E-state index in [-0.39, 0.29) is 12.2 Å². The molecule has 0 aliphatic rings. The zero-order valence-electron chi connectivity index (χ0n) is 14.7. The minimum atomic E-state index is -3.80. The lowest BCUT2D eigenvalue weighted by atomic mass is 10.0. The number of hydrogen-bond acceptors (Lipinski definition) is 4. The van der Waals surface area contributed by atoms with Crippen molar-refractivity contribution in [3.05, 3.63) is 58.4 Å². The number of fused-ring (bicyclic) bond motifs is 1. The molecule has 1 aromatic carbocycles. The molecule has 2 aromatic heterocycles. The van der Waals surface area contributed by atoms with Gasteiger partial charge in [-0.15, -0.1) is 0 Å². The molecule has 0 saturated carbocycles. The van der Waals surface area contributed by atoms with Gasteiger partial charge in [-0.3, -0.25) is 9.52 Å². The van der Waals surface area contributed by atoms with E-state index in [2.05, 4.69) is 9.97 Å². The van der Waals surface area contributed by atoms with Crippen LogP contribution in [-0.2, 0) is 16.4 Å². The van der Waals surface area contributed by atoms with Crippen molar-refractivity contribution in [3.63, 3.8) is 0 Å². The number of ketones is 1. The van der Waals surface area contributed by atoms with Crippen LogP contribution in [0.1, 0.15) is 29.3 Å². The molecular formula is C18H16ClF2N3O3S. The smallest absolute Gasteiger partial charge is 0.232 e. The number of sulfonamides is 1. The maximum absolute atomic E-state index is 14.7. The number of aromatic nitrogens is 2. The highest BCUT2D eigenvalue weighted by atomic mass is 35.5. The third kappa shape index (κ3) is 4.15. The number of pyridine rings is 1. The number of hydrogen-bond donors (Lipinski definition) is 2. The largest absolute Gasteiger partial charge is 0.345 e. The molecule has 0 saturated heterocycles. The molecule has 3 aromatic rings. The molecule has 6 nitrogen and oxygen atoms in total. The molecule has 0 amide bonds. The fourth-order valence-corrected chi connectivity index (χ4v) is 4.09. The van der Waals surface area contributed by atoms with Gasteiger partial charge in [0.25, 0.3) is 0 Å². The number of Topliss-reactive ketones (excluding diaryl/α,β-unsaturated/α-hetero) is 1. The topological polar surface area (TPSA) is 91.9 Å². The second-order valence-electron chi connectivity index (χ2n) is 6.18. The molecule has 0 radical (unpaired) electrons. The van der Waals surface area contributed by atoms with Gasteiger partial charge in [-0.2, -0.15) is 0 Å². The molecule has 10 heteroatoms. The van der Waals surface area contributed by atoms with Crippen LogP contribution in [0.5, 0.6) is 0 Å². The predicted octanol–water partition coefficient (Wildman–Crippen LogP) is 4.07. The van der Waals surface area contributed by atoms with Crippen LogP contribution in [0.15, 0.2) is 30.6 Å². The minimum absolute atomic E-state index is 0.226. The van der Waals surface area contributed by atoms with Gasteiger partial charge >= 0.3 is 0 Å². The normalized spacial score (nSPS) is 11.7. The van der Waals surface area contributed by atoms with Gasteiger partial charge in [0.2, 0.25) is 10.0 Å². The summed E-state index contributed by atoms with van der Waals surface area (Å²) in [5.41, 5.74) is -0.349. The van der Waals surface area contributed by atoms with E-state index in [1.807, 2.05) is 4.72 Å². The Morgan fingerprint density at radius 1 is 1.32 bits per heavy atom. The van der Waals surface area contributed by atoms with Crippen LogP contribution in [0.2, 0.25) is 5.02 Å². The maximum atomic E-state index is 14.7. The number of halogens is 3. The fourth-order valence-electron chi connectivity index (χ4n) is 2.76. The number of rotatable bonds is 7. The number of carbonyl (C=O) groups is 1. The molecule has 148 valence electrons. The van der Waals surface area contributed by atoms with Crippen LogP contribution in [-0.4, -0.2) is 29.9 Å². The summed E-state index contributed by atoms with van der Waals surface area (Å²) in [6.45, 7) is 1.65. The number of carbonyl (C=O) groups excluding carboxylic acids is 1. The molecular weight excluding hydrogens is 412 g/mol. The maximum Gasteiger partial charge on any atom is 0.232 e. The Labute approximate surface area is 165 Å². The van der Waals surface area contributed by atoms with Gasteiger partial charge in [0.1, 0.15) is 11.5 Å². The lowest BCUT2D eigenvalue weighted by Gasteiger charge is -2.11. The van der Waals surface area contributed by atoms with E-state index < -0.39 is 38.7 Å². The van der Waals surface area contributed by atoms with Gasteiger partial charge < -0.3 is 4.98 Å². The molecule has 3 rings (SSSR count). The zero-order valence-corrected chi connectivity index (χ0v) is 16.3. The SMILES string of the molecule is CCCS(=O)(=O)Nc1ccc(F)c(C(=O)Cc2cnc3[nH]cc(Cl)c3c2)c1F. The van der Waals surface area contributed by atoms with Gasteiger partial charge in [0.05, 0.1) is 22.0 Å². The van der Waals surface area contributed by atoms with Gasteiger partial charge in [0.15, 0.2) is 11.6 Å². The summed E-state index contributed by atoms with van der Waals surface area (Å²) < 4.78 is 54.6. The number of benzene rings is 1. The molecule has 0 aliphatic heterocycles. The fraction of sp³-hybridized carbons (Fsp3) is 0.222. The van der Waals surface area contributed by atoms with Gasteiger partial charge in [0, 0.05) is 24.2 Å². The Balaban J connectivity index is 1.92. The van der Waals surface area contributed by atoms with E-state index in [9.17, 15) is 22.0 Å². The van der Waals surface area contributed by atoms with E-state index in [0.29, 0.717) is 28.0 Å². The van der Waals surface area contributed by atoms with Crippen LogP contribution in [0.25, 0.3) is 11.0 Å². The van der Waals surface area contributed by atoms with Crippen molar-refractivity contribution in [2.75, 3.05) is 10.5 Å². The van der Waals surface area contributed by atoms with Gasteiger partial charge in [-0.25, -0.2) is 22.2 Å². The summed E-state index contributed by atoms with van der Waals surface area (Å²) in [6.07, 6.45) is 2.93. The molecule has 2 heterocycles. The van der Waals surface area contributed by atoms with Crippen molar-refractivity contribution in [1.29, 1.82) is 0 Å². The first kappa shape index (κ1) is 20.2. The van der Waals surface area contributed by atoms with Crippen molar-refractivity contribution in [2.24, 2.45) is 0 Å². The van der Waals surface area contributed by atoms with Gasteiger partial charge in [-0.1, -0.05) is 18.5 Å². The van der Waals surface area contributed by atoms with Crippen molar-refractivity contribution >= 4 is 44.1 Å². The van der Waals surface area contributed by atoms with Crippen LogP contribution in [0.3, 0.4) is 0 Å². The quantitative estimate of drug-likeness (QED) is 0.556. The van der Waals surface area contributed by atoms with E-state index in [1.54, 1.807) is 13.0 Å². The lowest BCUT2D eigenvalue weighted by molar-refractivity contribution is 0.0985. The Hall–Kier alpha value is -2.52. The van der Waals surface area contributed by atoms with Crippen LogP contribution in [0, 0.1) is 11.6 Å². The monoisotopic (exact) mass is 427 g/mol. The summed E-state index contributed by atoms with van der Waals surface area (Å²) in [5, 5.41) is 0.982. The molecule has 28 heavy (non-hydrogen) atoms. The minimum Gasteiger partial charge on any atom is -0.345 e. The number of H-pyrrole nitrogens is 1. The van der Waals surface area contributed by atoms with Crippen molar-refractivity contribution in [2.45, 2.75) is 19.8 Å². The first-order valence-corrected chi connectivity index (χ1v) is 10.4. The summed E-state index contributed by atoms with van der Waals surface area (Å²) in [5.74, 6) is -3.40. The molecule has 0 bridgehead atoms. The molecule has 0 fully saturated rings. The number of nitrogens with zero attached hydrogens (tertiary/aromatic N) is 1. The van der Waals surface area contributed by atoms with Gasteiger partial charge in [-0.05, 0) is 30.2 Å². The average molecular weight is 428 g/mol. The van der Waals surface area contributed by atoms with Crippen molar-refractivity contribution < 1.29 is 22.0 Å². The molecule has 2 N–H and O–H groups in total. The van der Waals surface area contributed by atoms with E-state index >= 15 is 0 Å². The summed E-state index contributed by atoms with van der Waals surface area (Å²) >= 11 is 6.02. The Morgan fingerprint density at radius 2 is 2.07 bits per heavy atom. The van der Waals surface area contributed by atoms with Crippen LogP contribution >= 0.6 is 11.6 Å². The Bertz CT molecular complexity index is 1160. The first-order chi connectivity index (χ1) is 13.2. The Kier molecular flexibility index (Phi) is 5.66. The Morgan fingerprint density at radius 3 is 2.79 bits per heavy atom. The zero-order chi connectivity index (χ0) is 20.5. The van der Waals surface area contributed by atoms with Crippen LogP contribution < -0.4 is 4.72 Å². The second kappa shape index (κ2) is 7.84. The summed E-state index contributed by atoms with van der Waals surface area (Å²) in [6, 6.07) is 3.40. The highest BCUT2D eigenvalue weighted by Crippen LogP contribution is 2.26. The summed E-state index contributed by atoms with van der Waals surface area (Å²) in [4.78, 5) is 19.5.